The number of hydrogen-bond donors (Lipinski definition) is 1. The Morgan fingerprint density at radius 1 is 0.923 bits per heavy atom. The molecule has 0 radical (unpaired) electrons. The maximum absolute atomic E-state index is 12.2. The summed E-state index contributed by atoms with van der Waals surface area (Å²) in [5.74, 6) is 0.773. The van der Waals surface area contributed by atoms with Crippen LogP contribution >= 0.6 is 0 Å². The van der Waals surface area contributed by atoms with E-state index in [1.165, 1.54) is 34.7 Å². The van der Waals surface area contributed by atoms with Crippen molar-refractivity contribution in [1.29, 1.82) is 0 Å². The molecule has 0 unspecified atom stereocenters. The minimum atomic E-state index is -0.0911. The van der Waals surface area contributed by atoms with Gasteiger partial charge in [-0.05, 0) is 65.3 Å². The number of carbonyl (C=O) groups is 1. The van der Waals surface area contributed by atoms with Crippen LogP contribution in [0.3, 0.4) is 0 Å². The summed E-state index contributed by atoms with van der Waals surface area (Å²) in [7, 11) is 0. The molecule has 3 nitrogen and oxygen atoms in total. The molecule has 1 amide bonds. The largest absolute Gasteiger partial charge is 0.483 e. The van der Waals surface area contributed by atoms with Gasteiger partial charge in [-0.25, -0.2) is 0 Å². The summed E-state index contributed by atoms with van der Waals surface area (Å²) in [6, 6.07) is 20.6. The van der Waals surface area contributed by atoms with Crippen molar-refractivity contribution in [2.45, 2.75) is 32.2 Å². The Labute approximate surface area is 154 Å². The summed E-state index contributed by atoms with van der Waals surface area (Å²) in [6.07, 6.45) is 4.59. The van der Waals surface area contributed by atoms with E-state index in [0.29, 0.717) is 6.54 Å². The monoisotopic (exact) mass is 345 g/mol. The van der Waals surface area contributed by atoms with Crippen molar-refractivity contribution in [3.8, 4) is 5.75 Å². The van der Waals surface area contributed by atoms with Crippen LogP contribution in [0.15, 0.2) is 60.7 Å². The molecule has 3 heteroatoms. The number of aryl methyl sites for hydroxylation is 1. The molecule has 0 atom stereocenters. The predicted octanol–water partition coefficient (Wildman–Crippen LogP) is 4.41. The molecule has 1 N–H and O–H groups in total. The molecule has 0 aliphatic heterocycles. The number of carbonyl (C=O) groups excluding carboxylic acids is 1. The van der Waals surface area contributed by atoms with Crippen LogP contribution < -0.4 is 10.1 Å². The van der Waals surface area contributed by atoms with E-state index in [0.717, 1.165) is 24.2 Å². The molecule has 0 bridgehead atoms. The van der Waals surface area contributed by atoms with Gasteiger partial charge in [-0.3, -0.25) is 4.79 Å². The number of benzene rings is 3. The smallest absolute Gasteiger partial charge is 0.258 e. The van der Waals surface area contributed by atoms with Gasteiger partial charge in [0, 0.05) is 6.54 Å². The first-order chi connectivity index (χ1) is 12.8. The van der Waals surface area contributed by atoms with Gasteiger partial charge in [0.05, 0.1) is 0 Å². The first kappa shape index (κ1) is 16.6. The Bertz CT molecular complexity index is 932. The zero-order valence-corrected chi connectivity index (χ0v) is 14.8. The molecule has 1 aliphatic carbocycles. The van der Waals surface area contributed by atoms with E-state index >= 15 is 0 Å². The Hall–Kier alpha value is -2.81. The molecule has 4 rings (SSSR count). The second-order valence-electron chi connectivity index (χ2n) is 6.85. The van der Waals surface area contributed by atoms with E-state index in [-0.39, 0.29) is 12.5 Å². The number of amides is 1. The van der Waals surface area contributed by atoms with E-state index in [1.807, 2.05) is 24.3 Å². The number of nitrogens with one attached hydrogen (secondary N) is 1. The molecular weight excluding hydrogens is 322 g/mol. The molecule has 132 valence electrons. The molecule has 0 spiro atoms. The molecule has 3 aromatic carbocycles. The standard InChI is InChI=1S/C23H23NO2/c25-23(16-26-22-11-5-9-19-7-3-4-10-21(19)22)24-15-17-12-13-18-6-1-2-8-20(18)14-17/h1-2,5-6,8-9,11-14H,3-4,7,10,15-16H2,(H,24,25). The Kier molecular flexibility index (Phi) is 4.87. The van der Waals surface area contributed by atoms with Crippen LogP contribution in [0.1, 0.15) is 29.5 Å². The Balaban J connectivity index is 1.34. The van der Waals surface area contributed by atoms with E-state index in [2.05, 4.69) is 41.7 Å². The number of fused-ring (bicyclic) bond motifs is 2. The highest BCUT2D eigenvalue weighted by Crippen LogP contribution is 2.29. The van der Waals surface area contributed by atoms with Crippen LogP contribution in [0.2, 0.25) is 0 Å². The summed E-state index contributed by atoms with van der Waals surface area (Å²) >= 11 is 0. The molecule has 26 heavy (non-hydrogen) atoms. The Morgan fingerprint density at radius 2 is 1.77 bits per heavy atom. The average Bonchev–Trinajstić information content (AvgIpc) is 2.70. The maximum Gasteiger partial charge on any atom is 0.258 e. The second-order valence-corrected chi connectivity index (χ2v) is 6.85. The highest BCUT2D eigenvalue weighted by atomic mass is 16.5. The first-order valence-corrected chi connectivity index (χ1v) is 9.27. The third-order valence-corrected chi connectivity index (χ3v) is 5.02. The molecular formula is C23H23NO2. The quantitative estimate of drug-likeness (QED) is 0.744. The number of hydrogen-bond acceptors (Lipinski definition) is 2. The SMILES string of the molecule is O=C(COc1cccc2c1CCCC2)NCc1ccc2ccccc2c1. The van der Waals surface area contributed by atoms with Crippen LogP contribution in [-0.2, 0) is 24.2 Å². The average molecular weight is 345 g/mol. The zero-order chi connectivity index (χ0) is 17.8. The minimum Gasteiger partial charge on any atom is -0.483 e. The van der Waals surface area contributed by atoms with Crippen molar-refractivity contribution in [1.82, 2.24) is 5.32 Å². The van der Waals surface area contributed by atoms with Gasteiger partial charge in [-0.1, -0.05) is 48.5 Å². The van der Waals surface area contributed by atoms with Crippen molar-refractivity contribution in [3.63, 3.8) is 0 Å². The van der Waals surface area contributed by atoms with Gasteiger partial charge in [0.1, 0.15) is 5.75 Å². The minimum absolute atomic E-state index is 0.0596. The topological polar surface area (TPSA) is 38.3 Å². The van der Waals surface area contributed by atoms with Crippen molar-refractivity contribution in [3.05, 3.63) is 77.4 Å². The summed E-state index contributed by atoms with van der Waals surface area (Å²) in [5.41, 5.74) is 3.74. The Morgan fingerprint density at radius 3 is 2.69 bits per heavy atom. The van der Waals surface area contributed by atoms with E-state index in [1.54, 1.807) is 0 Å². The summed E-state index contributed by atoms with van der Waals surface area (Å²) < 4.78 is 5.81. The molecule has 1 aliphatic rings. The van der Waals surface area contributed by atoms with Gasteiger partial charge >= 0.3 is 0 Å². The third kappa shape index (κ3) is 3.72. The van der Waals surface area contributed by atoms with Crippen molar-refractivity contribution < 1.29 is 9.53 Å². The van der Waals surface area contributed by atoms with Gasteiger partial charge in [0.15, 0.2) is 6.61 Å². The summed E-state index contributed by atoms with van der Waals surface area (Å²) in [5, 5.41) is 5.34. The van der Waals surface area contributed by atoms with Gasteiger partial charge in [-0.2, -0.15) is 0 Å². The van der Waals surface area contributed by atoms with Crippen molar-refractivity contribution in [2.75, 3.05) is 6.61 Å². The highest BCUT2D eigenvalue weighted by molar-refractivity contribution is 5.83. The van der Waals surface area contributed by atoms with E-state index < -0.39 is 0 Å². The van der Waals surface area contributed by atoms with Crippen molar-refractivity contribution >= 4 is 16.7 Å². The van der Waals surface area contributed by atoms with E-state index in [4.69, 9.17) is 4.74 Å². The lowest BCUT2D eigenvalue weighted by molar-refractivity contribution is -0.123. The second kappa shape index (κ2) is 7.61. The molecule has 0 aromatic heterocycles. The predicted molar refractivity (Wildman–Crippen MR) is 104 cm³/mol. The third-order valence-electron chi connectivity index (χ3n) is 5.02. The maximum atomic E-state index is 12.2. The molecule has 0 heterocycles. The van der Waals surface area contributed by atoms with E-state index in [9.17, 15) is 4.79 Å². The zero-order valence-electron chi connectivity index (χ0n) is 14.8. The summed E-state index contributed by atoms with van der Waals surface area (Å²) in [6.45, 7) is 0.573. The van der Waals surface area contributed by atoms with Gasteiger partial charge in [0.2, 0.25) is 0 Å². The molecule has 0 saturated carbocycles. The van der Waals surface area contributed by atoms with Crippen LogP contribution in [0, 0.1) is 0 Å². The van der Waals surface area contributed by atoms with Crippen LogP contribution in [-0.4, -0.2) is 12.5 Å². The van der Waals surface area contributed by atoms with Gasteiger partial charge in [0.25, 0.3) is 5.91 Å². The van der Waals surface area contributed by atoms with Crippen molar-refractivity contribution in [2.24, 2.45) is 0 Å². The summed E-state index contributed by atoms with van der Waals surface area (Å²) in [4.78, 5) is 12.2. The molecule has 0 fully saturated rings. The van der Waals surface area contributed by atoms with Gasteiger partial charge < -0.3 is 10.1 Å². The van der Waals surface area contributed by atoms with Gasteiger partial charge in [-0.15, -0.1) is 0 Å². The lowest BCUT2D eigenvalue weighted by Gasteiger charge is -2.19. The number of ether oxygens (including phenoxy) is 1. The highest BCUT2D eigenvalue weighted by Gasteiger charge is 2.14. The fourth-order valence-electron chi connectivity index (χ4n) is 3.63. The fourth-order valence-corrected chi connectivity index (χ4v) is 3.63. The molecule has 0 saturated heterocycles. The van der Waals surface area contributed by atoms with Crippen LogP contribution in [0.5, 0.6) is 5.75 Å². The van der Waals surface area contributed by atoms with Crippen LogP contribution in [0.4, 0.5) is 0 Å². The lowest BCUT2D eigenvalue weighted by Crippen LogP contribution is -2.28. The first-order valence-electron chi connectivity index (χ1n) is 9.27. The lowest BCUT2D eigenvalue weighted by atomic mass is 9.91. The van der Waals surface area contributed by atoms with Crippen LogP contribution in [0.25, 0.3) is 10.8 Å². The fraction of sp³-hybridized carbons (Fsp3) is 0.261. The number of rotatable bonds is 5. The molecule has 3 aromatic rings. The normalized spacial score (nSPS) is 13.2.